The molecule has 0 spiro atoms. The summed E-state index contributed by atoms with van der Waals surface area (Å²) in [5.74, 6) is 0. The molecule has 0 saturated carbocycles. The number of amides is 1. The van der Waals surface area contributed by atoms with Crippen molar-refractivity contribution in [1.82, 2.24) is 0 Å². The van der Waals surface area contributed by atoms with E-state index in [1.807, 2.05) is 0 Å². The standard InChI is InChI=1S/C11H11N3O4/c1-7(2)18-11(15)13-9-4-3-8(6-12)5-10(9)14(16)17/h3-5,7H,1-2H3,(H,13,15). The van der Waals surface area contributed by atoms with Gasteiger partial charge in [-0.15, -0.1) is 0 Å². The van der Waals surface area contributed by atoms with Gasteiger partial charge >= 0.3 is 6.09 Å². The smallest absolute Gasteiger partial charge is 0.412 e. The minimum Gasteiger partial charge on any atom is -0.447 e. The molecule has 0 saturated heterocycles. The lowest BCUT2D eigenvalue weighted by Gasteiger charge is -2.09. The number of nitrogens with one attached hydrogen (secondary N) is 1. The molecule has 7 heteroatoms. The van der Waals surface area contributed by atoms with Gasteiger partial charge in [-0.3, -0.25) is 15.4 Å². The van der Waals surface area contributed by atoms with Gasteiger partial charge in [-0.2, -0.15) is 5.26 Å². The molecule has 0 atom stereocenters. The van der Waals surface area contributed by atoms with Crippen molar-refractivity contribution in [2.45, 2.75) is 20.0 Å². The molecule has 0 aliphatic rings. The number of carbonyl (C=O) groups is 1. The van der Waals surface area contributed by atoms with Crippen molar-refractivity contribution in [2.24, 2.45) is 0 Å². The molecule has 1 aromatic carbocycles. The maximum atomic E-state index is 11.3. The van der Waals surface area contributed by atoms with Crippen molar-refractivity contribution in [3.63, 3.8) is 0 Å². The predicted molar refractivity (Wildman–Crippen MR) is 63.1 cm³/mol. The summed E-state index contributed by atoms with van der Waals surface area (Å²) in [4.78, 5) is 21.5. The zero-order valence-corrected chi connectivity index (χ0v) is 9.84. The Kier molecular flexibility index (Phi) is 4.21. The Balaban J connectivity index is 2.99. The lowest BCUT2D eigenvalue weighted by molar-refractivity contribution is -0.383. The third-order valence-corrected chi connectivity index (χ3v) is 1.90. The van der Waals surface area contributed by atoms with E-state index in [0.717, 1.165) is 6.07 Å². The molecule has 0 aromatic heterocycles. The summed E-state index contributed by atoms with van der Waals surface area (Å²) >= 11 is 0. The van der Waals surface area contributed by atoms with Gasteiger partial charge in [0.25, 0.3) is 5.69 Å². The third-order valence-electron chi connectivity index (χ3n) is 1.90. The lowest BCUT2D eigenvalue weighted by Crippen LogP contribution is -2.18. The number of carbonyl (C=O) groups excluding carboxylic acids is 1. The third kappa shape index (κ3) is 3.45. The average Bonchev–Trinajstić information content (AvgIpc) is 2.28. The van der Waals surface area contributed by atoms with Crippen LogP contribution in [0, 0.1) is 21.4 Å². The summed E-state index contributed by atoms with van der Waals surface area (Å²) in [6.45, 7) is 3.32. The highest BCUT2D eigenvalue weighted by molar-refractivity contribution is 5.88. The summed E-state index contributed by atoms with van der Waals surface area (Å²) in [6, 6.07) is 5.54. The van der Waals surface area contributed by atoms with Crippen molar-refractivity contribution in [2.75, 3.05) is 5.32 Å². The molecule has 0 bridgehead atoms. The number of hydrogen-bond acceptors (Lipinski definition) is 5. The molecule has 1 amide bonds. The molecule has 1 aromatic rings. The monoisotopic (exact) mass is 249 g/mol. The summed E-state index contributed by atoms with van der Waals surface area (Å²) in [6.07, 6.45) is -1.11. The second-order valence-corrected chi connectivity index (χ2v) is 3.68. The fourth-order valence-electron chi connectivity index (χ4n) is 1.21. The number of anilines is 1. The number of hydrogen-bond donors (Lipinski definition) is 1. The van der Waals surface area contributed by atoms with Crippen molar-refractivity contribution < 1.29 is 14.5 Å². The zero-order valence-electron chi connectivity index (χ0n) is 9.84. The molecule has 0 aliphatic heterocycles. The summed E-state index contributed by atoms with van der Waals surface area (Å²) < 4.78 is 4.81. The van der Waals surface area contributed by atoms with Gasteiger partial charge in [-0.25, -0.2) is 4.79 Å². The molecule has 1 rings (SSSR count). The zero-order chi connectivity index (χ0) is 13.7. The molecule has 1 N–H and O–H groups in total. The molecular weight excluding hydrogens is 238 g/mol. The Morgan fingerprint density at radius 1 is 1.56 bits per heavy atom. The van der Waals surface area contributed by atoms with E-state index in [2.05, 4.69) is 5.32 Å². The number of benzene rings is 1. The number of nitrogens with zero attached hydrogens (tertiary/aromatic N) is 2. The highest BCUT2D eigenvalue weighted by atomic mass is 16.6. The second kappa shape index (κ2) is 5.63. The highest BCUT2D eigenvalue weighted by Crippen LogP contribution is 2.25. The number of rotatable bonds is 3. The van der Waals surface area contributed by atoms with E-state index in [4.69, 9.17) is 10.00 Å². The van der Waals surface area contributed by atoms with Gasteiger partial charge in [0.15, 0.2) is 0 Å². The molecular formula is C11H11N3O4. The van der Waals surface area contributed by atoms with E-state index in [9.17, 15) is 14.9 Å². The van der Waals surface area contributed by atoms with Crippen LogP contribution < -0.4 is 5.32 Å². The van der Waals surface area contributed by atoms with Crippen LogP contribution in [0.15, 0.2) is 18.2 Å². The maximum Gasteiger partial charge on any atom is 0.412 e. The number of nitro groups is 1. The van der Waals surface area contributed by atoms with Gasteiger partial charge < -0.3 is 4.74 Å². The summed E-state index contributed by atoms with van der Waals surface area (Å²) in [5.41, 5.74) is -0.219. The normalized spacial score (nSPS) is 9.67. The number of nitro benzene ring substituents is 1. The predicted octanol–water partition coefficient (Wildman–Crippen LogP) is 2.42. The van der Waals surface area contributed by atoms with Gasteiger partial charge in [-0.05, 0) is 26.0 Å². The molecule has 0 unspecified atom stereocenters. The summed E-state index contributed by atoms with van der Waals surface area (Å²) in [5, 5.41) is 21.7. The Labute approximate surface area is 103 Å². The first kappa shape index (κ1) is 13.4. The quantitative estimate of drug-likeness (QED) is 0.654. The van der Waals surface area contributed by atoms with E-state index in [1.54, 1.807) is 19.9 Å². The number of nitriles is 1. The Hall–Kier alpha value is -2.62. The molecule has 7 nitrogen and oxygen atoms in total. The van der Waals surface area contributed by atoms with Gasteiger partial charge in [-0.1, -0.05) is 0 Å². The molecule has 0 aliphatic carbocycles. The first-order valence-corrected chi connectivity index (χ1v) is 5.10. The molecule has 0 heterocycles. The van der Waals surface area contributed by atoms with Gasteiger partial charge in [0.05, 0.1) is 22.7 Å². The Morgan fingerprint density at radius 2 is 2.22 bits per heavy atom. The van der Waals surface area contributed by atoms with Crippen LogP contribution in [0.4, 0.5) is 16.2 Å². The number of ether oxygens (including phenoxy) is 1. The van der Waals surface area contributed by atoms with Crippen LogP contribution in [0.5, 0.6) is 0 Å². The minimum absolute atomic E-state index is 0.00958. The highest BCUT2D eigenvalue weighted by Gasteiger charge is 2.17. The minimum atomic E-state index is -0.780. The first-order valence-electron chi connectivity index (χ1n) is 5.10. The van der Waals surface area contributed by atoms with Crippen LogP contribution in [0.1, 0.15) is 19.4 Å². The van der Waals surface area contributed by atoms with Crippen molar-refractivity contribution in [3.8, 4) is 6.07 Å². The molecule has 94 valence electrons. The van der Waals surface area contributed by atoms with Crippen LogP contribution in [0.25, 0.3) is 0 Å². The average molecular weight is 249 g/mol. The van der Waals surface area contributed by atoms with Gasteiger partial charge in [0.2, 0.25) is 0 Å². The van der Waals surface area contributed by atoms with Crippen LogP contribution in [0.2, 0.25) is 0 Å². The maximum absolute atomic E-state index is 11.3. The second-order valence-electron chi connectivity index (χ2n) is 3.68. The largest absolute Gasteiger partial charge is 0.447 e. The fraction of sp³-hybridized carbons (Fsp3) is 0.273. The lowest BCUT2D eigenvalue weighted by atomic mass is 10.2. The van der Waals surface area contributed by atoms with Crippen LogP contribution >= 0.6 is 0 Å². The topological polar surface area (TPSA) is 105 Å². The summed E-state index contributed by atoms with van der Waals surface area (Å²) in [7, 11) is 0. The van der Waals surface area contributed by atoms with E-state index in [1.165, 1.54) is 12.1 Å². The molecule has 0 radical (unpaired) electrons. The van der Waals surface area contributed by atoms with Crippen molar-refractivity contribution >= 4 is 17.5 Å². The van der Waals surface area contributed by atoms with Gasteiger partial charge in [0, 0.05) is 6.07 Å². The van der Waals surface area contributed by atoms with E-state index >= 15 is 0 Å². The first-order chi connectivity index (χ1) is 8.43. The SMILES string of the molecule is CC(C)OC(=O)Nc1ccc(C#N)cc1[N+](=O)[O-]. The van der Waals surface area contributed by atoms with Crippen molar-refractivity contribution in [1.29, 1.82) is 5.26 Å². The van der Waals surface area contributed by atoms with E-state index in [-0.39, 0.29) is 23.0 Å². The Bertz CT molecular complexity index is 520. The van der Waals surface area contributed by atoms with Crippen molar-refractivity contribution in [3.05, 3.63) is 33.9 Å². The van der Waals surface area contributed by atoms with Crippen LogP contribution in [-0.4, -0.2) is 17.1 Å². The van der Waals surface area contributed by atoms with E-state index in [0.29, 0.717) is 0 Å². The molecule has 18 heavy (non-hydrogen) atoms. The fourth-order valence-corrected chi connectivity index (χ4v) is 1.21. The molecule has 0 fully saturated rings. The Morgan fingerprint density at radius 3 is 2.72 bits per heavy atom. The van der Waals surface area contributed by atoms with Gasteiger partial charge in [0.1, 0.15) is 5.69 Å². The van der Waals surface area contributed by atoms with E-state index < -0.39 is 11.0 Å². The van der Waals surface area contributed by atoms with Crippen LogP contribution in [-0.2, 0) is 4.74 Å². The van der Waals surface area contributed by atoms with Crippen LogP contribution in [0.3, 0.4) is 0 Å².